The predicted octanol–water partition coefficient (Wildman–Crippen LogP) is 1.89. The van der Waals surface area contributed by atoms with E-state index in [9.17, 15) is 4.79 Å². The van der Waals surface area contributed by atoms with Gasteiger partial charge in [0.05, 0.1) is 6.04 Å². The molecule has 1 aliphatic carbocycles. The summed E-state index contributed by atoms with van der Waals surface area (Å²) >= 11 is 0. The number of carbonyl (C=O) groups is 1. The van der Waals surface area contributed by atoms with Crippen molar-refractivity contribution in [3.63, 3.8) is 0 Å². The van der Waals surface area contributed by atoms with Gasteiger partial charge in [0.2, 0.25) is 5.91 Å². The van der Waals surface area contributed by atoms with Crippen LogP contribution in [-0.2, 0) is 11.2 Å². The van der Waals surface area contributed by atoms with Crippen LogP contribution in [-0.4, -0.2) is 36.0 Å². The molecule has 0 bridgehead atoms. The fraction of sp³-hybridized carbons (Fsp3) is 0.562. The number of hydrogen-bond donors (Lipinski definition) is 1. The molecule has 1 saturated heterocycles. The molecule has 1 N–H and O–H groups in total. The summed E-state index contributed by atoms with van der Waals surface area (Å²) in [6.45, 7) is 3.90. The van der Waals surface area contributed by atoms with Crippen molar-refractivity contribution in [2.24, 2.45) is 0 Å². The van der Waals surface area contributed by atoms with E-state index in [1.54, 1.807) is 0 Å². The third kappa shape index (κ3) is 2.98. The molecule has 1 heterocycles. The monoisotopic (exact) mass is 258 g/mol. The minimum Gasteiger partial charge on any atom is -0.341 e. The Morgan fingerprint density at radius 3 is 2.79 bits per heavy atom. The van der Waals surface area contributed by atoms with E-state index < -0.39 is 0 Å². The van der Waals surface area contributed by atoms with Crippen molar-refractivity contribution in [3.05, 3.63) is 35.4 Å². The van der Waals surface area contributed by atoms with Crippen LogP contribution in [0, 0.1) is 6.92 Å². The van der Waals surface area contributed by atoms with Crippen molar-refractivity contribution in [3.8, 4) is 0 Å². The van der Waals surface area contributed by atoms with Gasteiger partial charge in [-0.15, -0.1) is 0 Å². The molecule has 3 nitrogen and oxygen atoms in total. The number of hydrogen-bond acceptors (Lipinski definition) is 2. The van der Waals surface area contributed by atoms with Crippen molar-refractivity contribution in [1.82, 2.24) is 10.2 Å². The molecule has 1 unspecified atom stereocenters. The zero-order valence-corrected chi connectivity index (χ0v) is 11.6. The lowest BCUT2D eigenvalue weighted by Gasteiger charge is -2.17. The summed E-state index contributed by atoms with van der Waals surface area (Å²) in [5.41, 5.74) is 2.68. The van der Waals surface area contributed by atoms with Crippen LogP contribution in [0.25, 0.3) is 0 Å². The molecule has 2 fully saturated rings. The Kier molecular flexibility index (Phi) is 3.56. The molecule has 2 aliphatic rings. The van der Waals surface area contributed by atoms with Crippen molar-refractivity contribution in [1.29, 1.82) is 0 Å². The molecule has 19 heavy (non-hydrogen) atoms. The molecule has 1 amide bonds. The SMILES string of the molecule is Cc1ccccc1CCN1CCC(NC2CC2)C1=O. The fourth-order valence-electron chi connectivity index (χ4n) is 2.80. The van der Waals surface area contributed by atoms with Crippen LogP contribution in [0.15, 0.2) is 24.3 Å². The summed E-state index contributed by atoms with van der Waals surface area (Å²) in [5.74, 6) is 0.306. The highest BCUT2D eigenvalue weighted by molar-refractivity contribution is 5.84. The first-order valence-electron chi connectivity index (χ1n) is 7.33. The van der Waals surface area contributed by atoms with E-state index in [2.05, 4.69) is 36.5 Å². The molecule has 1 aromatic rings. The summed E-state index contributed by atoms with van der Waals surface area (Å²) in [4.78, 5) is 14.3. The molecule has 1 atom stereocenters. The molecule has 1 aliphatic heterocycles. The van der Waals surface area contributed by atoms with E-state index in [4.69, 9.17) is 0 Å². The Hall–Kier alpha value is -1.35. The van der Waals surface area contributed by atoms with Gasteiger partial charge in [0.1, 0.15) is 0 Å². The smallest absolute Gasteiger partial charge is 0.239 e. The van der Waals surface area contributed by atoms with Gasteiger partial charge < -0.3 is 10.2 Å². The Balaban J connectivity index is 1.53. The molecule has 3 rings (SSSR count). The molecule has 1 aromatic carbocycles. The third-order valence-electron chi connectivity index (χ3n) is 4.22. The zero-order valence-electron chi connectivity index (χ0n) is 11.6. The largest absolute Gasteiger partial charge is 0.341 e. The first-order chi connectivity index (χ1) is 9.24. The summed E-state index contributed by atoms with van der Waals surface area (Å²) in [6.07, 6.45) is 4.43. The maximum atomic E-state index is 12.2. The molecule has 3 heteroatoms. The number of rotatable bonds is 5. The lowest BCUT2D eigenvalue weighted by molar-refractivity contribution is -0.129. The first kappa shape index (κ1) is 12.7. The average molecular weight is 258 g/mol. The molecule has 0 spiro atoms. The number of nitrogens with zero attached hydrogens (tertiary/aromatic N) is 1. The Morgan fingerprint density at radius 2 is 2.05 bits per heavy atom. The number of aryl methyl sites for hydroxylation is 1. The highest BCUT2D eigenvalue weighted by atomic mass is 16.2. The van der Waals surface area contributed by atoms with Gasteiger partial charge in [-0.3, -0.25) is 4.79 Å². The normalized spacial score (nSPS) is 23.1. The minimum atomic E-state index is 0.0874. The van der Waals surface area contributed by atoms with Crippen molar-refractivity contribution >= 4 is 5.91 Å². The number of amides is 1. The van der Waals surface area contributed by atoms with Crippen LogP contribution in [0.2, 0.25) is 0 Å². The Morgan fingerprint density at radius 1 is 1.26 bits per heavy atom. The summed E-state index contributed by atoms with van der Waals surface area (Å²) in [7, 11) is 0. The van der Waals surface area contributed by atoms with E-state index in [1.807, 2.05) is 4.90 Å². The quantitative estimate of drug-likeness (QED) is 0.874. The lowest BCUT2D eigenvalue weighted by Crippen LogP contribution is -2.39. The maximum absolute atomic E-state index is 12.2. The van der Waals surface area contributed by atoms with Crippen LogP contribution in [0.3, 0.4) is 0 Å². The summed E-state index contributed by atoms with van der Waals surface area (Å²) in [5, 5.41) is 3.45. The van der Waals surface area contributed by atoms with Crippen LogP contribution >= 0.6 is 0 Å². The summed E-state index contributed by atoms with van der Waals surface area (Å²) in [6, 6.07) is 9.14. The Labute approximate surface area is 115 Å². The summed E-state index contributed by atoms with van der Waals surface area (Å²) < 4.78 is 0. The highest BCUT2D eigenvalue weighted by Gasteiger charge is 2.35. The molecular weight excluding hydrogens is 236 g/mol. The number of likely N-dealkylation sites (tertiary alicyclic amines) is 1. The molecule has 1 saturated carbocycles. The molecule has 102 valence electrons. The third-order valence-corrected chi connectivity index (χ3v) is 4.22. The van der Waals surface area contributed by atoms with E-state index in [-0.39, 0.29) is 6.04 Å². The average Bonchev–Trinajstić information content (AvgIpc) is 3.16. The molecular formula is C16H22N2O. The van der Waals surface area contributed by atoms with Gasteiger partial charge in [0.25, 0.3) is 0 Å². The molecule has 0 aromatic heterocycles. The van der Waals surface area contributed by atoms with Crippen LogP contribution in [0.1, 0.15) is 30.4 Å². The van der Waals surface area contributed by atoms with E-state index in [0.29, 0.717) is 11.9 Å². The number of nitrogens with one attached hydrogen (secondary N) is 1. The van der Waals surface area contributed by atoms with Gasteiger partial charge in [-0.2, -0.15) is 0 Å². The van der Waals surface area contributed by atoms with Crippen molar-refractivity contribution in [2.75, 3.05) is 13.1 Å². The van der Waals surface area contributed by atoms with Gasteiger partial charge in [0, 0.05) is 19.1 Å². The fourth-order valence-corrected chi connectivity index (χ4v) is 2.80. The zero-order chi connectivity index (χ0) is 13.2. The second-order valence-electron chi connectivity index (χ2n) is 5.78. The second kappa shape index (κ2) is 5.33. The standard InChI is InChI=1S/C16H22N2O/c1-12-4-2-3-5-13(12)8-10-18-11-9-15(16(18)19)17-14-6-7-14/h2-5,14-15,17H,6-11H2,1H3. The Bertz CT molecular complexity index is 468. The van der Waals surface area contributed by atoms with Gasteiger partial charge in [-0.25, -0.2) is 0 Å². The maximum Gasteiger partial charge on any atom is 0.239 e. The van der Waals surface area contributed by atoms with Gasteiger partial charge in [0.15, 0.2) is 0 Å². The highest BCUT2D eigenvalue weighted by Crippen LogP contribution is 2.22. The van der Waals surface area contributed by atoms with E-state index >= 15 is 0 Å². The predicted molar refractivity (Wildman–Crippen MR) is 76.0 cm³/mol. The first-order valence-corrected chi connectivity index (χ1v) is 7.33. The van der Waals surface area contributed by atoms with Crippen LogP contribution < -0.4 is 5.32 Å². The molecule has 0 radical (unpaired) electrons. The second-order valence-corrected chi connectivity index (χ2v) is 5.78. The van der Waals surface area contributed by atoms with Crippen molar-refractivity contribution < 1.29 is 4.79 Å². The topological polar surface area (TPSA) is 32.3 Å². The number of benzene rings is 1. The number of carbonyl (C=O) groups excluding carboxylic acids is 1. The van der Waals surface area contributed by atoms with Gasteiger partial charge in [-0.05, 0) is 43.7 Å². The van der Waals surface area contributed by atoms with Gasteiger partial charge >= 0.3 is 0 Å². The van der Waals surface area contributed by atoms with E-state index in [1.165, 1.54) is 24.0 Å². The minimum absolute atomic E-state index is 0.0874. The van der Waals surface area contributed by atoms with Gasteiger partial charge in [-0.1, -0.05) is 24.3 Å². The van der Waals surface area contributed by atoms with E-state index in [0.717, 1.165) is 25.9 Å². The van der Waals surface area contributed by atoms with Crippen LogP contribution in [0.4, 0.5) is 0 Å². The van der Waals surface area contributed by atoms with Crippen molar-refractivity contribution in [2.45, 2.75) is 44.7 Å². The van der Waals surface area contributed by atoms with Crippen LogP contribution in [0.5, 0.6) is 0 Å². The lowest BCUT2D eigenvalue weighted by atomic mass is 10.1.